The van der Waals surface area contributed by atoms with E-state index in [9.17, 15) is 9.59 Å². The molecule has 0 amide bonds. The van der Waals surface area contributed by atoms with Gasteiger partial charge in [0.1, 0.15) is 0 Å². The van der Waals surface area contributed by atoms with E-state index in [0.717, 1.165) is 0 Å². The molecule has 0 aromatic rings. The van der Waals surface area contributed by atoms with Gasteiger partial charge in [-0.2, -0.15) is 0 Å². The zero-order valence-electron chi connectivity index (χ0n) is 6.82. The van der Waals surface area contributed by atoms with Gasteiger partial charge in [-0.15, -0.1) is 0 Å². The van der Waals surface area contributed by atoms with Crippen LogP contribution < -0.4 is 0 Å². The molecule has 2 aliphatic rings. The molecule has 0 saturated heterocycles. The Morgan fingerprint density at radius 3 is 2.92 bits per heavy atom. The summed E-state index contributed by atoms with van der Waals surface area (Å²) in [7, 11) is 0. The third-order valence-corrected chi connectivity index (χ3v) is 2.45. The van der Waals surface area contributed by atoms with Gasteiger partial charge in [0.05, 0.1) is 12.5 Å². The molecule has 0 heterocycles. The molecule has 0 aliphatic heterocycles. The second-order valence-corrected chi connectivity index (χ2v) is 3.14. The smallest absolute Gasteiger partial charge is 0.310 e. The summed E-state index contributed by atoms with van der Waals surface area (Å²) >= 11 is 0. The van der Waals surface area contributed by atoms with E-state index in [4.69, 9.17) is 4.74 Å². The molecule has 0 spiro atoms. The van der Waals surface area contributed by atoms with Crippen molar-refractivity contribution >= 4 is 11.8 Å². The third-order valence-electron chi connectivity index (χ3n) is 2.45. The van der Waals surface area contributed by atoms with Gasteiger partial charge in [-0.05, 0) is 13.0 Å². The van der Waals surface area contributed by atoms with Crippen LogP contribution in [0.25, 0.3) is 0 Å². The fourth-order valence-corrected chi connectivity index (χ4v) is 1.80. The van der Waals surface area contributed by atoms with Crippen LogP contribution in [-0.4, -0.2) is 18.4 Å². The lowest BCUT2D eigenvalue weighted by molar-refractivity contribution is -0.145. The number of allylic oxidation sites excluding steroid dienone is 2. The second-order valence-electron chi connectivity index (χ2n) is 3.14. The molecule has 2 rings (SSSR count). The van der Waals surface area contributed by atoms with E-state index in [1.807, 2.05) is 6.08 Å². The first-order valence-electron chi connectivity index (χ1n) is 4.14. The largest absolute Gasteiger partial charge is 0.466 e. The third kappa shape index (κ3) is 0.891. The highest BCUT2D eigenvalue weighted by molar-refractivity contribution is 6.02. The van der Waals surface area contributed by atoms with E-state index in [1.165, 1.54) is 0 Å². The molecule has 3 nitrogen and oxygen atoms in total. The Hall–Kier alpha value is -1.12. The molecule has 0 N–H and O–H groups in total. The van der Waals surface area contributed by atoms with Crippen LogP contribution in [0.3, 0.4) is 0 Å². The van der Waals surface area contributed by atoms with Crippen molar-refractivity contribution in [2.75, 3.05) is 6.61 Å². The van der Waals surface area contributed by atoms with Gasteiger partial charge in [0.2, 0.25) is 0 Å². The van der Waals surface area contributed by atoms with Crippen molar-refractivity contribution in [3.8, 4) is 0 Å². The topological polar surface area (TPSA) is 43.4 Å². The number of hydrogen-bond acceptors (Lipinski definition) is 3. The van der Waals surface area contributed by atoms with Crippen molar-refractivity contribution in [3.63, 3.8) is 0 Å². The predicted octanol–water partition coefficient (Wildman–Crippen LogP) is 0.551. The van der Waals surface area contributed by atoms with E-state index in [1.54, 1.807) is 13.0 Å². The summed E-state index contributed by atoms with van der Waals surface area (Å²) < 4.78 is 4.83. The minimum absolute atomic E-state index is 0.0796. The molecule has 1 fully saturated rings. The minimum Gasteiger partial charge on any atom is -0.466 e. The number of rotatable bonds is 2. The number of fused-ring (bicyclic) bond motifs is 1. The fraction of sp³-hybridized carbons (Fsp3) is 0.556. The number of ketones is 1. The minimum atomic E-state index is -0.217. The molecule has 64 valence electrons. The van der Waals surface area contributed by atoms with Crippen LogP contribution in [0.2, 0.25) is 0 Å². The Balaban J connectivity index is 1.99. The first-order chi connectivity index (χ1) is 5.75. The number of ether oxygens (including phenoxy) is 1. The lowest BCUT2D eigenvalue weighted by Crippen LogP contribution is -2.11. The molecule has 2 unspecified atom stereocenters. The van der Waals surface area contributed by atoms with Crippen molar-refractivity contribution in [2.24, 2.45) is 17.8 Å². The van der Waals surface area contributed by atoms with Crippen molar-refractivity contribution < 1.29 is 14.3 Å². The number of carbonyl (C=O) groups excluding carboxylic acids is 2. The lowest BCUT2D eigenvalue weighted by atomic mass is 10.2. The first kappa shape index (κ1) is 7.53. The highest BCUT2D eigenvalue weighted by Crippen LogP contribution is 2.52. The van der Waals surface area contributed by atoms with E-state index in [2.05, 4.69) is 0 Å². The molecule has 1 saturated carbocycles. The molecule has 0 bridgehead atoms. The van der Waals surface area contributed by atoms with Gasteiger partial charge in [0.15, 0.2) is 5.78 Å². The summed E-state index contributed by atoms with van der Waals surface area (Å²) in [4.78, 5) is 22.2. The molecule has 12 heavy (non-hydrogen) atoms. The van der Waals surface area contributed by atoms with Gasteiger partial charge < -0.3 is 4.74 Å². The summed E-state index contributed by atoms with van der Waals surface area (Å²) in [5.41, 5.74) is 0. The Kier molecular flexibility index (Phi) is 1.53. The molecular weight excluding hydrogens is 156 g/mol. The van der Waals surface area contributed by atoms with Crippen LogP contribution >= 0.6 is 0 Å². The Morgan fingerprint density at radius 2 is 2.42 bits per heavy atom. The highest BCUT2D eigenvalue weighted by atomic mass is 16.5. The molecule has 0 aromatic heterocycles. The van der Waals surface area contributed by atoms with Crippen LogP contribution in [0.5, 0.6) is 0 Å². The van der Waals surface area contributed by atoms with Gasteiger partial charge in [-0.1, -0.05) is 6.08 Å². The van der Waals surface area contributed by atoms with E-state index in [0.29, 0.717) is 6.61 Å². The van der Waals surface area contributed by atoms with Gasteiger partial charge in [-0.25, -0.2) is 0 Å². The maximum absolute atomic E-state index is 11.2. The Bertz CT molecular complexity index is 267. The van der Waals surface area contributed by atoms with Crippen LogP contribution in [0, 0.1) is 17.8 Å². The number of carbonyl (C=O) groups is 2. The summed E-state index contributed by atoms with van der Waals surface area (Å²) in [5, 5.41) is 0. The average molecular weight is 166 g/mol. The Labute approximate surface area is 70.4 Å². The van der Waals surface area contributed by atoms with Crippen LogP contribution in [-0.2, 0) is 14.3 Å². The highest BCUT2D eigenvalue weighted by Gasteiger charge is 2.60. The molecule has 0 aromatic carbocycles. The molecule has 3 atom stereocenters. The molecule has 2 aliphatic carbocycles. The van der Waals surface area contributed by atoms with Gasteiger partial charge in [0, 0.05) is 11.8 Å². The summed E-state index contributed by atoms with van der Waals surface area (Å²) in [6, 6.07) is 0. The van der Waals surface area contributed by atoms with Crippen LogP contribution in [0.15, 0.2) is 12.2 Å². The molecular formula is C9H10O3. The fourth-order valence-electron chi connectivity index (χ4n) is 1.80. The zero-order chi connectivity index (χ0) is 8.72. The van der Waals surface area contributed by atoms with Crippen molar-refractivity contribution in [1.29, 1.82) is 0 Å². The second kappa shape index (κ2) is 2.44. The summed E-state index contributed by atoms with van der Waals surface area (Å²) in [6.45, 7) is 2.17. The molecule has 3 heteroatoms. The quantitative estimate of drug-likeness (QED) is 0.563. The maximum Gasteiger partial charge on any atom is 0.310 e. The summed E-state index contributed by atoms with van der Waals surface area (Å²) in [6.07, 6.45) is 3.37. The van der Waals surface area contributed by atoms with Gasteiger partial charge in [-0.3, -0.25) is 9.59 Å². The lowest BCUT2D eigenvalue weighted by Gasteiger charge is -1.99. The number of esters is 1. The first-order valence-corrected chi connectivity index (χ1v) is 4.14. The van der Waals surface area contributed by atoms with Crippen molar-refractivity contribution in [3.05, 3.63) is 12.2 Å². The van der Waals surface area contributed by atoms with Crippen LogP contribution in [0.4, 0.5) is 0 Å². The Morgan fingerprint density at radius 1 is 1.67 bits per heavy atom. The van der Waals surface area contributed by atoms with Gasteiger partial charge >= 0.3 is 5.97 Å². The van der Waals surface area contributed by atoms with E-state index < -0.39 is 0 Å². The molecule has 0 radical (unpaired) electrons. The zero-order valence-corrected chi connectivity index (χ0v) is 6.82. The van der Waals surface area contributed by atoms with Crippen molar-refractivity contribution in [2.45, 2.75) is 6.92 Å². The summed E-state index contributed by atoms with van der Waals surface area (Å²) in [5.74, 6) is -0.230. The SMILES string of the molecule is CCOC(=O)[C@H]1C2C=CC(=O)C21. The standard InChI is InChI=1S/C9H10O3/c1-2-12-9(11)8-5-3-4-6(10)7(5)8/h3-5,7-8H,2H2,1H3/t5?,7?,8-/m0/s1. The van der Waals surface area contributed by atoms with E-state index in [-0.39, 0.29) is 29.5 Å². The van der Waals surface area contributed by atoms with Gasteiger partial charge in [0.25, 0.3) is 0 Å². The number of hydrogen-bond donors (Lipinski definition) is 0. The predicted molar refractivity (Wildman–Crippen MR) is 41.3 cm³/mol. The normalized spacial score (nSPS) is 36.4. The maximum atomic E-state index is 11.2. The average Bonchev–Trinajstić information content (AvgIpc) is 2.65. The monoisotopic (exact) mass is 166 g/mol. The van der Waals surface area contributed by atoms with Crippen molar-refractivity contribution in [1.82, 2.24) is 0 Å². The van der Waals surface area contributed by atoms with Crippen LogP contribution in [0.1, 0.15) is 6.92 Å². The van der Waals surface area contributed by atoms with E-state index >= 15 is 0 Å².